The quantitative estimate of drug-likeness (QED) is 0.447. The molecule has 0 spiro atoms. The first-order valence-corrected chi connectivity index (χ1v) is 10.9. The van der Waals surface area contributed by atoms with Crippen molar-refractivity contribution in [3.05, 3.63) is 57.5 Å². The Morgan fingerprint density at radius 1 is 1.00 bits per heavy atom. The maximum atomic E-state index is 13.0. The Morgan fingerprint density at radius 2 is 1.82 bits per heavy atom. The molecule has 1 aliphatic heterocycles. The summed E-state index contributed by atoms with van der Waals surface area (Å²) in [6, 6.07) is 9.24. The minimum absolute atomic E-state index is 0.158. The number of ether oxygens (including phenoxy) is 5. The molecule has 9 heteroatoms. The van der Waals surface area contributed by atoms with Crippen molar-refractivity contribution >= 4 is 33.7 Å². The lowest BCUT2D eigenvalue weighted by molar-refractivity contribution is 0.171. The van der Waals surface area contributed by atoms with E-state index in [9.17, 15) is 4.79 Å². The van der Waals surface area contributed by atoms with Gasteiger partial charge in [-0.1, -0.05) is 12.1 Å². The molecule has 2 aromatic heterocycles. The van der Waals surface area contributed by atoms with E-state index >= 15 is 0 Å². The van der Waals surface area contributed by atoms with E-state index in [-0.39, 0.29) is 12.4 Å². The molecule has 0 atom stereocenters. The van der Waals surface area contributed by atoms with Gasteiger partial charge in [0.2, 0.25) is 12.5 Å². The number of thiophene rings is 1. The second kappa shape index (κ2) is 8.51. The highest BCUT2D eigenvalue weighted by Crippen LogP contribution is 2.42. The van der Waals surface area contributed by atoms with Crippen LogP contribution in [0.15, 0.2) is 40.5 Å². The summed E-state index contributed by atoms with van der Waals surface area (Å²) in [5, 5.41) is 2.46. The largest absolute Gasteiger partial charge is 0.493 e. The van der Waals surface area contributed by atoms with Gasteiger partial charge >= 0.3 is 0 Å². The van der Waals surface area contributed by atoms with Crippen molar-refractivity contribution in [2.45, 2.75) is 0 Å². The molecule has 0 unspecified atom stereocenters. The lowest BCUT2D eigenvalue weighted by Crippen LogP contribution is -2.09. The number of nitrogens with one attached hydrogen (secondary N) is 1. The van der Waals surface area contributed by atoms with Gasteiger partial charge in [-0.15, -0.1) is 11.3 Å². The molecule has 0 saturated heterocycles. The van der Waals surface area contributed by atoms with Crippen LogP contribution in [0.25, 0.3) is 33.5 Å². The monoisotopic (exact) mass is 464 g/mol. The van der Waals surface area contributed by atoms with Gasteiger partial charge in [0, 0.05) is 10.9 Å². The SMILES string of the molecule is COc1ccc(-c2csc3nc(/C=C/c4cc(OC)c5c(c4)OCO5)[nH]c(=O)c23)cc1OC. The standard InChI is InChI=1S/C24H20N2O6S/c1-28-16-6-5-14(10-17(16)29-2)15-11-33-24-21(15)23(27)25-20(26-24)7-4-13-8-18(30-3)22-19(9-13)31-12-32-22/h4-11H,12H2,1-3H3,(H,25,26,27)/b7-4+. The number of aromatic nitrogens is 2. The van der Waals surface area contributed by atoms with Gasteiger partial charge in [-0.3, -0.25) is 4.79 Å². The molecule has 0 saturated carbocycles. The van der Waals surface area contributed by atoms with Crippen LogP contribution in [0, 0.1) is 0 Å². The van der Waals surface area contributed by atoms with E-state index in [1.807, 2.05) is 41.8 Å². The summed E-state index contributed by atoms with van der Waals surface area (Å²) in [6.45, 7) is 0.158. The highest BCUT2D eigenvalue weighted by atomic mass is 32.1. The van der Waals surface area contributed by atoms with Crippen LogP contribution in [0.3, 0.4) is 0 Å². The van der Waals surface area contributed by atoms with Gasteiger partial charge in [0.1, 0.15) is 10.7 Å². The van der Waals surface area contributed by atoms with Crippen molar-refractivity contribution in [3.63, 3.8) is 0 Å². The molecule has 8 nitrogen and oxygen atoms in total. The first kappa shape index (κ1) is 20.9. The number of nitrogens with zero attached hydrogens (tertiary/aromatic N) is 1. The number of methoxy groups -OCH3 is 3. The van der Waals surface area contributed by atoms with Crippen LogP contribution in [0.5, 0.6) is 28.7 Å². The van der Waals surface area contributed by atoms with Crippen molar-refractivity contribution in [1.29, 1.82) is 0 Å². The van der Waals surface area contributed by atoms with E-state index in [2.05, 4.69) is 9.97 Å². The molecule has 0 bridgehead atoms. The Balaban J connectivity index is 1.50. The van der Waals surface area contributed by atoms with Crippen LogP contribution in [0.1, 0.15) is 11.4 Å². The molecule has 0 fully saturated rings. The Morgan fingerprint density at radius 3 is 2.61 bits per heavy atom. The predicted octanol–water partition coefficient (Wildman–Crippen LogP) is 4.58. The summed E-state index contributed by atoms with van der Waals surface area (Å²) in [4.78, 5) is 21.1. The van der Waals surface area contributed by atoms with E-state index in [4.69, 9.17) is 23.7 Å². The summed E-state index contributed by atoms with van der Waals surface area (Å²) in [5.41, 5.74) is 2.26. The van der Waals surface area contributed by atoms with Gasteiger partial charge in [0.15, 0.2) is 23.0 Å². The second-order valence-electron chi connectivity index (χ2n) is 7.14. The molecule has 2 aromatic carbocycles. The summed E-state index contributed by atoms with van der Waals surface area (Å²) < 4.78 is 27.0. The summed E-state index contributed by atoms with van der Waals surface area (Å²) in [5.74, 6) is 3.45. The fourth-order valence-corrected chi connectivity index (χ4v) is 4.64. The van der Waals surface area contributed by atoms with Crippen molar-refractivity contribution in [2.24, 2.45) is 0 Å². The molecule has 1 aliphatic rings. The first-order valence-electron chi connectivity index (χ1n) is 10.0. The number of rotatable bonds is 6. The number of benzene rings is 2. The first-order chi connectivity index (χ1) is 16.1. The van der Waals surface area contributed by atoms with Crippen LogP contribution in [0.4, 0.5) is 0 Å². The Bertz CT molecular complexity index is 1440. The Labute approximate surface area is 193 Å². The van der Waals surface area contributed by atoms with E-state index in [1.54, 1.807) is 27.4 Å². The van der Waals surface area contributed by atoms with E-state index < -0.39 is 0 Å². The van der Waals surface area contributed by atoms with E-state index in [0.717, 1.165) is 16.7 Å². The van der Waals surface area contributed by atoms with Crippen LogP contribution in [0.2, 0.25) is 0 Å². The summed E-state index contributed by atoms with van der Waals surface area (Å²) >= 11 is 1.41. The van der Waals surface area contributed by atoms with E-state index in [1.165, 1.54) is 11.3 Å². The molecular weight excluding hydrogens is 444 g/mol. The Hall–Kier alpha value is -3.98. The highest BCUT2D eigenvalue weighted by Gasteiger charge is 2.19. The van der Waals surface area contributed by atoms with Gasteiger partial charge in [0.25, 0.3) is 5.56 Å². The molecule has 168 valence electrons. The zero-order chi connectivity index (χ0) is 22.9. The lowest BCUT2D eigenvalue weighted by atomic mass is 10.1. The van der Waals surface area contributed by atoms with Gasteiger partial charge in [0.05, 0.1) is 26.7 Å². The van der Waals surface area contributed by atoms with Gasteiger partial charge in [-0.2, -0.15) is 0 Å². The minimum Gasteiger partial charge on any atom is -0.493 e. The topological polar surface area (TPSA) is 91.9 Å². The van der Waals surface area contributed by atoms with Gasteiger partial charge < -0.3 is 28.7 Å². The highest BCUT2D eigenvalue weighted by molar-refractivity contribution is 7.17. The molecular formula is C24H20N2O6S. The predicted molar refractivity (Wildman–Crippen MR) is 127 cm³/mol. The van der Waals surface area contributed by atoms with Crippen LogP contribution < -0.4 is 29.2 Å². The Kier molecular flexibility index (Phi) is 5.39. The van der Waals surface area contributed by atoms with Gasteiger partial charge in [-0.05, 0) is 41.5 Å². The van der Waals surface area contributed by atoms with Crippen molar-refractivity contribution < 1.29 is 23.7 Å². The minimum atomic E-state index is -0.214. The number of aromatic amines is 1. The van der Waals surface area contributed by atoms with Crippen LogP contribution in [-0.2, 0) is 0 Å². The third-order valence-corrected chi connectivity index (χ3v) is 6.14. The van der Waals surface area contributed by atoms with Gasteiger partial charge in [-0.25, -0.2) is 4.98 Å². The van der Waals surface area contributed by atoms with Crippen molar-refractivity contribution in [1.82, 2.24) is 9.97 Å². The number of hydrogen-bond donors (Lipinski definition) is 1. The molecule has 4 aromatic rings. The van der Waals surface area contributed by atoms with Crippen LogP contribution >= 0.6 is 11.3 Å². The average molecular weight is 464 g/mol. The normalized spacial score (nSPS) is 12.5. The number of H-pyrrole nitrogens is 1. The maximum absolute atomic E-state index is 13.0. The zero-order valence-electron chi connectivity index (χ0n) is 18.1. The molecule has 33 heavy (non-hydrogen) atoms. The number of hydrogen-bond acceptors (Lipinski definition) is 8. The second-order valence-corrected chi connectivity index (χ2v) is 8.00. The zero-order valence-corrected chi connectivity index (χ0v) is 18.9. The van der Waals surface area contributed by atoms with Crippen molar-refractivity contribution in [2.75, 3.05) is 28.1 Å². The molecule has 0 aliphatic carbocycles. The van der Waals surface area contributed by atoms with Crippen LogP contribution in [-0.4, -0.2) is 38.1 Å². The summed E-state index contributed by atoms with van der Waals surface area (Å²) in [6.07, 6.45) is 3.57. The molecule has 0 radical (unpaired) electrons. The summed E-state index contributed by atoms with van der Waals surface area (Å²) in [7, 11) is 4.74. The molecule has 1 N–H and O–H groups in total. The fraction of sp³-hybridized carbons (Fsp3) is 0.167. The third-order valence-electron chi connectivity index (χ3n) is 5.27. The molecule has 3 heterocycles. The number of fused-ring (bicyclic) bond motifs is 2. The van der Waals surface area contributed by atoms with Crippen molar-refractivity contribution in [3.8, 4) is 39.9 Å². The maximum Gasteiger partial charge on any atom is 0.260 e. The molecule has 0 amide bonds. The smallest absolute Gasteiger partial charge is 0.260 e. The molecule has 5 rings (SSSR count). The fourth-order valence-electron chi connectivity index (χ4n) is 3.68. The third kappa shape index (κ3) is 3.76. The van der Waals surface area contributed by atoms with E-state index in [0.29, 0.717) is 44.8 Å². The lowest BCUT2D eigenvalue weighted by Gasteiger charge is -2.09. The average Bonchev–Trinajstić information content (AvgIpc) is 3.49.